The van der Waals surface area contributed by atoms with Gasteiger partial charge in [0.05, 0.1) is 5.56 Å². The molecule has 0 aliphatic carbocycles. The van der Waals surface area contributed by atoms with Crippen LogP contribution in [0.1, 0.15) is 44.0 Å². The van der Waals surface area contributed by atoms with E-state index in [1.54, 1.807) is 11.8 Å². The molecule has 1 saturated heterocycles. The van der Waals surface area contributed by atoms with E-state index < -0.39 is 0 Å². The summed E-state index contributed by atoms with van der Waals surface area (Å²) >= 11 is 1.79. The van der Waals surface area contributed by atoms with Gasteiger partial charge in [0.25, 0.3) is 5.91 Å². The normalized spacial score (nSPS) is 22.9. The highest BCUT2D eigenvalue weighted by Crippen LogP contribution is 2.27. The van der Waals surface area contributed by atoms with Gasteiger partial charge in [0.2, 0.25) is 0 Å². The van der Waals surface area contributed by atoms with E-state index in [-0.39, 0.29) is 5.91 Å². The van der Waals surface area contributed by atoms with E-state index in [0.29, 0.717) is 11.8 Å². The maximum atomic E-state index is 12.8. The van der Waals surface area contributed by atoms with Gasteiger partial charge in [-0.05, 0) is 42.6 Å². The Morgan fingerprint density at radius 1 is 1.25 bits per heavy atom. The standard InChI is InChI=1S/C17H25NOS/c1-4-9-20-16-8-6-5-7-15(16)17(19)18-11-13(2)10-14(3)12-18/h5-8,13-14H,4,9-12H2,1-3H3. The van der Waals surface area contributed by atoms with Gasteiger partial charge in [0.15, 0.2) is 0 Å². The zero-order valence-electron chi connectivity index (χ0n) is 12.8. The SMILES string of the molecule is CCCSc1ccccc1C(=O)N1CC(C)CC(C)C1. The summed E-state index contributed by atoms with van der Waals surface area (Å²) in [5.74, 6) is 2.50. The highest BCUT2D eigenvalue weighted by atomic mass is 32.2. The first kappa shape index (κ1) is 15.4. The second kappa shape index (κ2) is 7.16. The molecule has 0 saturated carbocycles. The van der Waals surface area contributed by atoms with Crippen LogP contribution in [0.15, 0.2) is 29.2 Å². The molecule has 1 aromatic rings. The molecular weight excluding hydrogens is 266 g/mol. The van der Waals surface area contributed by atoms with E-state index in [9.17, 15) is 4.79 Å². The number of amides is 1. The van der Waals surface area contributed by atoms with Crippen LogP contribution < -0.4 is 0 Å². The van der Waals surface area contributed by atoms with Crippen molar-refractivity contribution in [3.63, 3.8) is 0 Å². The van der Waals surface area contributed by atoms with Crippen molar-refractivity contribution < 1.29 is 4.79 Å². The summed E-state index contributed by atoms with van der Waals surface area (Å²) in [5.41, 5.74) is 0.882. The predicted molar refractivity (Wildman–Crippen MR) is 86.3 cm³/mol. The molecule has 0 bridgehead atoms. The van der Waals surface area contributed by atoms with Gasteiger partial charge in [-0.2, -0.15) is 0 Å². The molecule has 2 rings (SSSR count). The van der Waals surface area contributed by atoms with Gasteiger partial charge in [0.1, 0.15) is 0 Å². The molecule has 1 fully saturated rings. The van der Waals surface area contributed by atoms with Crippen LogP contribution in [0.25, 0.3) is 0 Å². The Bertz CT molecular complexity index is 450. The zero-order chi connectivity index (χ0) is 14.5. The molecule has 1 aliphatic rings. The molecule has 1 aliphatic heterocycles. The van der Waals surface area contributed by atoms with Crippen LogP contribution in [0.4, 0.5) is 0 Å². The van der Waals surface area contributed by atoms with Gasteiger partial charge in [-0.3, -0.25) is 4.79 Å². The van der Waals surface area contributed by atoms with Gasteiger partial charge in [-0.15, -0.1) is 11.8 Å². The zero-order valence-corrected chi connectivity index (χ0v) is 13.6. The fourth-order valence-corrected chi connectivity index (χ4v) is 3.89. The Balaban J connectivity index is 2.15. The predicted octanol–water partition coefficient (Wildman–Crippen LogP) is 4.31. The topological polar surface area (TPSA) is 20.3 Å². The fraction of sp³-hybridized carbons (Fsp3) is 0.588. The summed E-state index contributed by atoms with van der Waals surface area (Å²) in [7, 11) is 0. The maximum absolute atomic E-state index is 12.8. The lowest BCUT2D eigenvalue weighted by Crippen LogP contribution is -2.42. The molecule has 0 aromatic heterocycles. The first-order valence-corrected chi connectivity index (χ1v) is 8.61. The van der Waals surface area contributed by atoms with E-state index in [2.05, 4.69) is 26.8 Å². The van der Waals surface area contributed by atoms with Gasteiger partial charge in [-0.25, -0.2) is 0 Å². The third-order valence-corrected chi connectivity index (χ3v) is 5.01. The molecule has 3 heteroatoms. The number of piperidine rings is 1. The number of rotatable bonds is 4. The van der Waals surface area contributed by atoms with E-state index in [4.69, 9.17) is 0 Å². The van der Waals surface area contributed by atoms with Crippen LogP contribution in [0.5, 0.6) is 0 Å². The summed E-state index contributed by atoms with van der Waals surface area (Å²) in [4.78, 5) is 16.0. The lowest BCUT2D eigenvalue weighted by atomic mass is 9.91. The Labute approximate surface area is 126 Å². The number of hydrogen-bond acceptors (Lipinski definition) is 2. The largest absolute Gasteiger partial charge is 0.338 e. The van der Waals surface area contributed by atoms with Gasteiger partial charge >= 0.3 is 0 Å². The van der Waals surface area contributed by atoms with Crippen molar-refractivity contribution in [2.45, 2.75) is 38.5 Å². The minimum atomic E-state index is 0.211. The van der Waals surface area contributed by atoms with Gasteiger partial charge < -0.3 is 4.90 Å². The minimum absolute atomic E-state index is 0.211. The molecule has 20 heavy (non-hydrogen) atoms. The van der Waals surface area contributed by atoms with Crippen molar-refractivity contribution in [2.75, 3.05) is 18.8 Å². The number of likely N-dealkylation sites (tertiary alicyclic amines) is 1. The quantitative estimate of drug-likeness (QED) is 0.771. The summed E-state index contributed by atoms with van der Waals surface area (Å²) < 4.78 is 0. The molecule has 1 heterocycles. The van der Waals surface area contributed by atoms with E-state index in [1.165, 1.54) is 6.42 Å². The third-order valence-electron chi connectivity index (χ3n) is 3.74. The number of hydrogen-bond donors (Lipinski definition) is 0. The number of benzene rings is 1. The highest BCUT2D eigenvalue weighted by Gasteiger charge is 2.27. The summed E-state index contributed by atoms with van der Waals surface area (Å²) in [6.45, 7) is 8.46. The first-order chi connectivity index (χ1) is 9.61. The van der Waals surface area contributed by atoms with Crippen LogP contribution in [0, 0.1) is 11.8 Å². The molecule has 0 spiro atoms. The van der Waals surface area contributed by atoms with Crippen molar-refractivity contribution in [3.05, 3.63) is 29.8 Å². The Hall–Kier alpha value is -0.960. The lowest BCUT2D eigenvalue weighted by Gasteiger charge is -2.35. The molecule has 110 valence electrons. The van der Waals surface area contributed by atoms with Crippen molar-refractivity contribution in [1.29, 1.82) is 0 Å². The maximum Gasteiger partial charge on any atom is 0.255 e. The smallest absolute Gasteiger partial charge is 0.255 e. The number of carbonyl (C=O) groups excluding carboxylic acids is 1. The van der Waals surface area contributed by atoms with E-state index in [1.807, 2.05) is 23.1 Å². The molecule has 1 aromatic carbocycles. The molecule has 2 unspecified atom stereocenters. The van der Waals surface area contributed by atoms with Crippen LogP contribution in [-0.2, 0) is 0 Å². The average molecular weight is 291 g/mol. The third kappa shape index (κ3) is 3.78. The lowest BCUT2D eigenvalue weighted by molar-refractivity contribution is 0.0619. The Kier molecular flexibility index (Phi) is 5.53. The number of carbonyl (C=O) groups is 1. The van der Waals surface area contributed by atoms with Gasteiger partial charge in [0, 0.05) is 18.0 Å². The molecule has 0 N–H and O–H groups in total. The summed E-state index contributed by atoms with van der Waals surface area (Å²) in [6.07, 6.45) is 2.36. The fourth-order valence-electron chi connectivity index (χ4n) is 2.98. The average Bonchev–Trinajstić information content (AvgIpc) is 2.43. The second-order valence-corrected chi connectivity index (χ2v) is 7.14. The molecular formula is C17H25NOS. The Morgan fingerprint density at radius 3 is 2.55 bits per heavy atom. The van der Waals surface area contributed by atoms with Gasteiger partial charge in [-0.1, -0.05) is 32.9 Å². The molecule has 2 nitrogen and oxygen atoms in total. The molecule has 0 radical (unpaired) electrons. The number of nitrogens with zero attached hydrogens (tertiary/aromatic N) is 1. The highest BCUT2D eigenvalue weighted by molar-refractivity contribution is 7.99. The van der Waals surface area contributed by atoms with Crippen molar-refractivity contribution in [1.82, 2.24) is 4.90 Å². The monoisotopic (exact) mass is 291 g/mol. The van der Waals surface area contributed by atoms with Crippen LogP contribution in [0.2, 0.25) is 0 Å². The molecule has 2 atom stereocenters. The summed E-state index contributed by atoms with van der Waals surface area (Å²) in [6, 6.07) is 8.05. The van der Waals surface area contributed by atoms with Crippen LogP contribution >= 0.6 is 11.8 Å². The van der Waals surface area contributed by atoms with Crippen molar-refractivity contribution in [3.8, 4) is 0 Å². The van der Waals surface area contributed by atoms with Crippen molar-refractivity contribution in [2.24, 2.45) is 11.8 Å². The first-order valence-electron chi connectivity index (χ1n) is 7.63. The van der Waals surface area contributed by atoms with Crippen molar-refractivity contribution >= 4 is 17.7 Å². The van der Waals surface area contributed by atoms with Crippen LogP contribution in [-0.4, -0.2) is 29.6 Å². The second-order valence-electron chi connectivity index (χ2n) is 6.00. The van der Waals surface area contributed by atoms with E-state index >= 15 is 0 Å². The van der Waals surface area contributed by atoms with E-state index in [0.717, 1.165) is 35.7 Å². The number of thioether (sulfide) groups is 1. The molecule has 1 amide bonds. The van der Waals surface area contributed by atoms with Crippen LogP contribution in [0.3, 0.4) is 0 Å². The minimum Gasteiger partial charge on any atom is -0.338 e. The summed E-state index contributed by atoms with van der Waals surface area (Å²) in [5, 5.41) is 0. The Morgan fingerprint density at radius 2 is 1.90 bits per heavy atom.